The fourth-order valence-electron chi connectivity index (χ4n) is 9.59. The minimum Gasteiger partial charge on any atom is -0.509 e. The monoisotopic (exact) mass is 998 g/mol. The molecule has 0 saturated heterocycles. The van der Waals surface area contributed by atoms with Crippen molar-refractivity contribution >= 4 is 44.6 Å². The van der Waals surface area contributed by atoms with Crippen molar-refractivity contribution < 1.29 is 25.8 Å². The maximum atomic E-state index is 6.69. The van der Waals surface area contributed by atoms with E-state index < -0.39 is 0 Å². The number of hydrogen-bond donors (Lipinski definition) is 0. The van der Waals surface area contributed by atoms with Crippen LogP contribution in [-0.2, 0) is 31.9 Å². The van der Waals surface area contributed by atoms with Gasteiger partial charge < -0.3 is 19.1 Å². The van der Waals surface area contributed by atoms with Crippen molar-refractivity contribution in [1.82, 2.24) is 9.55 Å². The van der Waals surface area contributed by atoms with Gasteiger partial charge in [0.1, 0.15) is 5.82 Å². The second-order valence-electron chi connectivity index (χ2n) is 18.3. The zero-order valence-corrected chi connectivity index (χ0v) is 38.8. The Morgan fingerprint density at radius 2 is 1.35 bits per heavy atom. The Labute approximate surface area is 384 Å². The molecular formula is C57H47N4OPt-3. The fourth-order valence-corrected chi connectivity index (χ4v) is 9.59. The molecule has 0 atom stereocenters. The van der Waals surface area contributed by atoms with Crippen LogP contribution in [0, 0.1) is 32.6 Å². The predicted molar refractivity (Wildman–Crippen MR) is 255 cm³/mol. The molecule has 314 valence electrons. The first kappa shape index (κ1) is 40.6. The number of nitrogens with zero attached hydrogens (tertiary/aromatic N) is 4. The SMILES string of the molecule is Cc1cc2c(cc1C)N(c1c(-c3ccccc3)ccc3c1-c1ccccc1C3(C)C)[CH-]N2c1[c-]c(Oc2[c-]c3c(cc2)c2ccccc2n3-c2cc(C(C)(C)C)ccn2)ccc1.[Pt]. The molecule has 7 aromatic carbocycles. The Hall–Kier alpha value is -6.42. The van der Waals surface area contributed by atoms with Crippen molar-refractivity contribution in [2.24, 2.45) is 0 Å². The summed E-state index contributed by atoms with van der Waals surface area (Å²) in [6.07, 6.45) is 1.90. The Morgan fingerprint density at radius 3 is 2.14 bits per heavy atom. The molecule has 9 aromatic rings. The van der Waals surface area contributed by atoms with Crippen molar-refractivity contribution in [3.63, 3.8) is 0 Å². The van der Waals surface area contributed by atoms with Gasteiger partial charge in [0.2, 0.25) is 0 Å². The van der Waals surface area contributed by atoms with Crippen molar-refractivity contribution in [1.29, 1.82) is 0 Å². The first-order valence-electron chi connectivity index (χ1n) is 21.5. The molecule has 0 saturated carbocycles. The number of ether oxygens (including phenoxy) is 1. The third kappa shape index (κ3) is 6.59. The van der Waals surface area contributed by atoms with Crippen LogP contribution in [0.15, 0.2) is 152 Å². The summed E-state index contributed by atoms with van der Waals surface area (Å²) in [5.74, 6) is 2.07. The molecule has 0 unspecified atom stereocenters. The Kier molecular flexibility index (Phi) is 9.76. The average Bonchev–Trinajstić information content (AvgIpc) is 3.88. The maximum absolute atomic E-state index is 6.69. The smallest absolute Gasteiger partial charge is 0.135 e. The van der Waals surface area contributed by atoms with Crippen LogP contribution in [0.1, 0.15) is 62.4 Å². The third-order valence-electron chi connectivity index (χ3n) is 13.0. The summed E-state index contributed by atoms with van der Waals surface area (Å²) in [4.78, 5) is 9.53. The molecule has 1 aliphatic carbocycles. The molecule has 6 heteroatoms. The summed E-state index contributed by atoms with van der Waals surface area (Å²) < 4.78 is 8.89. The van der Waals surface area contributed by atoms with Gasteiger partial charge in [-0.3, -0.25) is 0 Å². The molecule has 2 aliphatic rings. The van der Waals surface area contributed by atoms with Gasteiger partial charge in [-0.15, -0.1) is 48.1 Å². The van der Waals surface area contributed by atoms with Gasteiger partial charge in [0.25, 0.3) is 0 Å². The minimum absolute atomic E-state index is 0. The number of pyridine rings is 1. The molecular weight excluding hydrogens is 952 g/mol. The van der Waals surface area contributed by atoms with E-state index in [2.05, 4.69) is 209 Å². The maximum Gasteiger partial charge on any atom is 0.135 e. The first-order valence-corrected chi connectivity index (χ1v) is 21.5. The second-order valence-corrected chi connectivity index (χ2v) is 18.3. The number of aromatic nitrogens is 2. The van der Waals surface area contributed by atoms with Crippen molar-refractivity contribution in [3.05, 3.63) is 198 Å². The van der Waals surface area contributed by atoms with Crippen LogP contribution in [0.2, 0.25) is 0 Å². The number of rotatable bonds is 6. The molecule has 0 spiro atoms. The standard InChI is InChI=1S/C57H47N4O.Pt/c1-36-30-51-52(31-37(36)2)60(55-43(38-16-9-8-10-17-38)26-27-48-54(55)46-21-11-13-22-47(46)57(48,6)7)35-59(51)40-18-15-19-41(33-40)62-42-24-25-45-44-20-12-14-23-49(44)61(50(45)34-42)53-32-39(28-29-58-53)56(3,4)5;/h8-32,35H,1-7H3;/q-3;. The van der Waals surface area contributed by atoms with Crippen LogP contribution < -0.4 is 14.5 Å². The van der Waals surface area contributed by atoms with Crippen LogP contribution in [0.3, 0.4) is 0 Å². The number of para-hydroxylation sites is 1. The van der Waals surface area contributed by atoms with Gasteiger partial charge in [0.15, 0.2) is 0 Å². The van der Waals surface area contributed by atoms with Crippen LogP contribution in [-0.4, -0.2) is 9.55 Å². The van der Waals surface area contributed by atoms with Crippen molar-refractivity contribution in [3.8, 4) is 39.6 Å². The van der Waals surface area contributed by atoms with E-state index in [1.807, 2.05) is 24.4 Å². The fraction of sp³-hybridized carbons (Fsp3) is 0.158. The molecule has 0 bridgehead atoms. The number of benzene rings is 7. The van der Waals surface area contributed by atoms with Crippen LogP contribution in [0.25, 0.3) is 49.9 Å². The van der Waals surface area contributed by atoms with Crippen LogP contribution >= 0.6 is 0 Å². The van der Waals surface area contributed by atoms with Crippen LogP contribution in [0.5, 0.6) is 11.5 Å². The molecule has 5 nitrogen and oxygen atoms in total. The van der Waals surface area contributed by atoms with Gasteiger partial charge >= 0.3 is 0 Å². The summed E-state index contributed by atoms with van der Waals surface area (Å²) in [5.41, 5.74) is 17.4. The molecule has 63 heavy (non-hydrogen) atoms. The number of hydrogen-bond acceptors (Lipinski definition) is 4. The second kappa shape index (κ2) is 15.1. The van der Waals surface area contributed by atoms with Gasteiger partial charge in [-0.1, -0.05) is 125 Å². The molecule has 0 amide bonds. The molecule has 0 fully saturated rings. The van der Waals surface area contributed by atoms with E-state index in [-0.39, 0.29) is 31.9 Å². The van der Waals surface area contributed by atoms with E-state index in [1.54, 1.807) is 0 Å². The topological polar surface area (TPSA) is 33.5 Å². The molecule has 0 radical (unpaired) electrons. The summed E-state index contributed by atoms with van der Waals surface area (Å²) in [6.45, 7) is 18.0. The van der Waals surface area contributed by atoms with E-state index in [0.29, 0.717) is 11.5 Å². The van der Waals surface area contributed by atoms with Gasteiger partial charge in [-0.25, -0.2) is 4.98 Å². The summed E-state index contributed by atoms with van der Waals surface area (Å²) in [7, 11) is 0. The van der Waals surface area contributed by atoms with E-state index in [4.69, 9.17) is 9.72 Å². The molecule has 11 rings (SSSR count). The number of fused-ring (bicyclic) bond motifs is 7. The summed E-state index contributed by atoms with van der Waals surface area (Å²) >= 11 is 0. The zero-order valence-electron chi connectivity index (χ0n) is 36.5. The van der Waals surface area contributed by atoms with E-state index in [1.165, 1.54) is 55.8 Å². The van der Waals surface area contributed by atoms with E-state index in [9.17, 15) is 0 Å². The minimum atomic E-state index is -0.151. The number of anilines is 4. The van der Waals surface area contributed by atoms with Gasteiger partial charge in [0, 0.05) is 77.9 Å². The van der Waals surface area contributed by atoms with Crippen molar-refractivity contribution in [2.75, 3.05) is 9.80 Å². The van der Waals surface area contributed by atoms with Gasteiger partial charge in [-0.2, -0.15) is 12.1 Å². The van der Waals surface area contributed by atoms with E-state index in [0.717, 1.165) is 44.7 Å². The first-order chi connectivity index (χ1) is 30.0. The molecule has 1 aliphatic heterocycles. The Balaban J connectivity index is 0.00000471. The van der Waals surface area contributed by atoms with E-state index >= 15 is 0 Å². The average molecular weight is 999 g/mol. The quantitative estimate of drug-likeness (QED) is 0.155. The zero-order chi connectivity index (χ0) is 42.5. The molecule has 2 aromatic heterocycles. The molecule has 0 N–H and O–H groups in total. The van der Waals surface area contributed by atoms with Crippen molar-refractivity contribution in [2.45, 2.75) is 59.3 Å². The van der Waals surface area contributed by atoms with Crippen LogP contribution in [0.4, 0.5) is 22.7 Å². The molecule has 3 heterocycles. The van der Waals surface area contributed by atoms with Gasteiger partial charge in [0.05, 0.1) is 0 Å². The van der Waals surface area contributed by atoms with Gasteiger partial charge in [-0.05, 0) is 93.9 Å². The predicted octanol–water partition coefficient (Wildman–Crippen LogP) is 14.9. The summed E-state index contributed by atoms with van der Waals surface area (Å²) in [6, 6.07) is 59.3. The largest absolute Gasteiger partial charge is 0.509 e. The normalized spacial score (nSPS) is 13.8. The Bertz CT molecular complexity index is 3250. The number of aryl methyl sites for hydroxylation is 2. The summed E-state index contributed by atoms with van der Waals surface area (Å²) in [5, 5.41) is 2.24. The third-order valence-corrected chi connectivity index (χ3v) is 13.0. The Morgan fingerprint density at radius 1 is 0.635 bits per heavy atom.